The van der Waals surface area contributed by atoms with E-state index in [9.17, 15) is 4.79 Å². The van der Waals surface area contributed by atoms with E-state index in [1.54, 1.807) is 17.7 Å². The molecule has 0 spiro atoms. The van der Waals surface area contributed by atoms with E-state index in [4.69, 9.17) is 5.26 Å². The monoisotopic (exact) mass is 348 g/mol. The Balaban J connectivity index is 1.60. The molecule has 0 saturated heterocycles. The number of nitrogens with zero attached hydrogens (tertiary/aromatic N) is 7. The molecule has 2 heterocycles. The van der Waals surface area contributed by atoms with E-state index in [0.29, 0.717) is 11.5 Å². The van der Waals surface area contributed by atoms with E-state index in [-0.39, 0.29) is 12.5 Å². The first-order valence-electron chi connectivity index (χ1n) is 7.80. The molecule has 0 saturated carbocycles. The van der Waals surface area contributed by atoms with Crippen LogP contribution < -0.4 is 5.43 Å². The molecule has 9 nitrogen and oxygen atoms in total. The largest absolute Gasteiger partial charge is 0.339 e. The quantitative estimate of drug-likeness (QED) is 0.546. The average Bonchev–Trinajstić information content (AvgIpc) is 3.22. The zero-order chi connectivity index (χ0) is 18.5. The molecular formula is C17H16N8O. The first kappa shape index (κ1) is 17.0. The molecule has 0 fully saturated rings. The van der Waals surface area contributed by atoms with Gasteiger partial charge in [0.25, 0.3) is 5.91 Å². The molecule has 1 N–H and O–H groups in total. The third kappa shape index (κ3) is 3.64. The molecule has 0 aliphatic rings. The summed E-state index contributed by atoms with van der Waals surface area (Å²) in [5, 5.41) is 24.9. The maximum atomic E-state index is 12.0. The third-order valence-corrected chi connectivity index (χ3v) is 3.85. The molecule has 0 aliphatic heterocycles. The van der Waals surface area contributed by atoms with Crippen LogP contribution in [0.2, 0.25) is 0 Å². The lowest BCUT2D eigenvalue weighted by atomic mass is 10.2. The maximum absolute atomic E-state index is 12.0. The zero-order valence-corrected chi connectivity index (χ0v) is 14.3. The fourth-order valence-electron chi connectivity index (χ4n) is 2.31. The summed E-state index contributed by atoms with van der Waals surface area (Å²) >= 11 is 0. The lowest BCUT2D eigenvalue weighted by molar-refractivity contribution is -0.122. The summed E-state index contributed by atoms with van der Waals surface area (Å²) in [7, 11) is 1.80. The van der Waals surface area contributed by atoms with Gasteiger partial charge in [0.15, 0.2) is 0 Å². The molecule has 1 aromatic carbocycles. The molecule has 0 aliphatic carbocycles. The van der Waals surface area contributed by atoms with Crippen molar-refractivity contribution in [3.63, 3.8) is 0 Å². The summed E-state index contributed by atoms with van der Waals surface area (Å²) in [6.07, 6.45) is 1.50. The van der Waals surface area contributed by atoms with Gasteiger partial charge in [0.05, 0.1) is 6.21 Å². The highest BCUT2D eigenvalue weighted by Crippen LogP contribution is 2.12. The summed E-state index contributed by atoms with van der Waals surface area (Å²) in [6.45, 7) is 1.77. The van der Waals surface area contributed by atoms with E-state index < -0.39 is 0 Å². The highest BCUT2D eigenvalue weighted by atomic mass is 16.2. The van der Waals surface area contributed by atoms with Gasteiger partial charge in [-0.25, -0.2) is 5.43 Å². The molecule has 2 aromatic heterocycles. The van der Waals surface area contributed by atoms with Gasteiger partial charge in [0.1, 0.15) is 18.3 Å². The van der Waals surface area contributed by atoms with Crippen LogP contribution in [-0.2, 0) is 18.4 Å². The van der Waals surface area contributed by atoms with Crippen LogP contribution in [0.15, 0.2) is 41.5 Å². The Labute approximate surface area is 149 Å². The molecule has 3 rings (SSSR count). The van der Waals surface area contributed by atoms with Crippen molar-refractivity contribution in [1.29, 1.82) is 5.26 Å². The fourth-order valence-corrected chi connectivity index (χ4v) is 2.31. The number of rotatable bonds is 5. The minimum absolute atomic E-state index is 0.103. The molecule has 130 valence electrons. The minimum Gasteiger partial charge on any atom is -0.339 e. The number of tetrazole rings is 1. The zero-order valence-electron chi connectivity index (χ0n) is 14.3. The normalized spacial score (nSPS) is 10.8. The van der Waals surface area contributed by atoms with Crippen molar-refractivity contribution in [1.82, 2.24) is 30.2 Å². The predicted molar refractivity (Wildman–Crippen MR) is 93.9 cm³/mol. The Morgan fingerprint density at radius 1 is 1.38 bits per heavy atom. The molecule has 0 bridgehead atoms. The second-order valence-corrected chi connectivity index (χ2v) is 5.54. The lowest BCUT2D eigenvalue weighted by Crippen LogP contribution is -2.24. The van der Waals surface area contributed by atoms with Gasteiger partial charge >= 0.3 is 0 Å². The second-order valence-electron chi connectivity index (χ2n) is 5.54. The topological polar surface area (TPSA) is 114 Å². The predicted octanol–water partition coefficient (Wildman–Crippen LogP) is 1.01. The number of nitrogens with one attached hydrogen (secondary N) is 1. The Hall–Kier alpha value is -3.80. The first-order valence-corrected chi connectivity index (χ1v) is 7.80. The SMILES string of the molecule is Cc1c(/C=N\NC(=O)Cn2nnc(-c3ccccc3)n2)cc(C#N)n1C. The van der Waals surface area contributed by atoms with Crippen molar-refractivity contribution < 1.29 is 4.79 Å². The van der Waals surface area contributed by atoms with E-state index >= 15 is 0 Å². The van der Waals surface area contributed by atoms with Crippen LogP contribution in [0.5, 0.6) is 0 Å². The summed E-state index contributed by atoms with van der Waals surface area (Å²) in [5.41, 5.74) is 5.40. The smallest absolute Gasteiger partial charge is 0.263 e. The highest BCUT2D eigenvalue weighted by molar-refractivity contribution is 5.84. The average molecular weight is 348 g/mol. The van der Waals surface area contributed by atoms with Gasteiger partial charge in [0, 0.05) is 23.9 Å². The van der Waals surface area contributed by atoms with Crippen LogP contribution in [0.1, 0.15) is 17.0 Å². The Bertz CT molecular complexity index is 994. The molecule has 26 heavy (non-hydrogen) atoms. The standard InChI is InChI=1S/C17H16N8O/c1-12-14(8-15(9-18)24(12)2)10-19-20-16(26)11-25-22-17(21-23-25)13-6-4-3-5-7-13/h3-8,10H,11H2,1-2H3,(H,20,26)/b19-10-. The van der Waals surface area contributed by atoms with E-state index in [1.807, 2.05) is 37.3 Å². The van der Waals surface area contributed by atoms with Crippen LogP contribution in [0.25, 0.3) is 11.4 Å². The second kappa shape index (κ2) is 7.40. The van der Waals surface area contributed by atoms with Crippen LogP contribution >= 0.6 is 0 Å². The van der Waals surface area contributed by atoms with Crippen molar-refractivity contribution in [2.45, 2.75) is 13.5 Å². The molecule has 0 atom stereocenters. The number of carbonyl (C=O) groups excluding carboxylic acids is 1. The van der Waals surface area contributed by atoms with Crippen LogP contribution in [0.4, 0.5) is 0 Å². The van der Waals surface area contributed by atoms with E-state index in [2.05, 4.69) is 32.0 Å². The highest BCUT2D eigenvalue weighted by Gasteiger charge is 2.09. The number of hydrogen-bond acceptors (Lipinski definition) is 6. The Morgan fingerprint density at radius 3 is 2.85 bits per heavy atom. The van der Waals surface area contributed by atoms with E-state index in [1.165, 1.54) is 11.0 Å². The Morgan fingerprint density at radius 2 is 2.15 bits per heavy atom. The van der Waals surface area contributed by atoms with Crippen molar-refractivity contribution >= 4 is 12.1 Å². The lowest BCUT2D eigenvalue weighted by Gasteiger charge is -1.99. The molecule has 9 heteroatoms. The third-order valence-electron chi connectivity index (χ3n) is 3.85. The number of benzene rings is 1. The molecule has 3 aromatic rings. The summed E-state index contributed by atoms with van der Waals surface area (Å²) < 4.78 is 1.76. The van der Waals surface area contributed by atoms with Crippen molar-refractivity contribution in [3.05, 3.63) is 53.3 Å². The molecule has 0 radical (unpaired) electrons. The van der Waals surface area contributed by atoms with Crippen LogP contribution in [0, 0.1) is 18.3 Å². The van der Waals surface area contributed by atoms with Gasteiger partial charge in [-0.15, -0.1) is 10.2 Å². The van der Waals surface area contributed by atoms with Crippen LogP contribution in [-0.4, -0.2) is 36.9 Å². The van der Waals surface area contributed by atoms with Gasteiger partial charge in [-0.3, -0.25) is 4.79 Å². The minimum atomic E-state index is -0.382. The number of amides is 1. The first-order chi connectivity index (χ1) is 12.6. The molecule has 1 amide bonds. The molecule has 0 unspecified atom stereocenters. The number of hydrazone groups is 1. The van der Waals surface area contributed by atoms with Crippen molar-refractivity contribution in [2.24, 2.45) is 12.1 Å². The maximum Gasteiger partial charge on any atom is 0.263 e. The van der Waals surface area contributed by atoms with Gasteiger partial charge in [-0.1, -0.05) is 30.3 Å². The number of nitriles is 1. The number of carbonyl (C=O) groups is 1. The van der Waals surface area contributed by atoms with E-state index in [0.717, 1.165) is 16.8 Å². The summed E-state index contributed by atoms with van der Waals surface area (Å²) in [5.74, 6) is 0.0678. The Kier molecular flexibility index (Phi) is 4.85. The van der Waals surface area contributed by atoms with Gasteiger partial charge in [-0.2, -0.15) is 15.2 Å². The summed E-state index contributed by atoms with van der Waals surface area (Å²) in [6, 6.07) is 13.2. The van der Waals surface area contributed by atoms with Crippen LogP contribution in [0.3, 0.4) is 0 Å². The molecular weight excluding hydrogens is 332 g/mol. The van der Waals surface area contributed by atoms with Gasteiger partial charge in [-0.05, 0) is 18.2 Å². The van der Waals surface area contributed by atoms with Gasteiger partial charge < -0.3 is 4.57 Å². The fraction of sp³-hybridized carbons (Fsp3) is 0.176. The number of hydrogen-bond donors (Lipinski definition) is 1. The number of aromatic nitrogens is 5. The van der Waals surface area contributed by atoms with Crippen molar-refractivity contribution in [2.75, 3.05) is 0 Å². The van der Waals surface area contributed by atoms with Gasteiger partial charge in [0.2, 0.25) is 5.82 Å². The summed E-state index contributed by atoms with van der Waals surface area (Å²) in [4.78, 5) is 13.2. The van der Waals surface area contributed by atoms with Crippen molar-refractivity contribution in [3.8, 4) is 17.5 Å².